The number of hydrogen-bond acceptors (Lipinski definition) is 3. The molecule has 0 radical (unpaired) electrons. The van der Waals surface area contributed by atoms with Crippen molar-refractivity contribution in [1.82, 2.24) is 5.32 Å². The molecule has 22 heavy (non-hydrogen) atoms. The first-order chi connectivity index (χ1) is 10.1. The van der Waals surface area contributed by atoms with Crippen LogP contribution < -0.4 is 5.32 Å². The summed E-state index contributed by atoms with van der Waals surface area (Å²) >= 11 is 0. The normalized spacial score (nSPS) is 13.9. The summed E-state index contributed by atoms with van der Waals surface area (Å²) in [6, 6.07) is 0. The van der Waals surface area contributed by atoms with E-state index in [0.29, 0.717) is 5.57 Å². The Balaban J connectivity index is 4.27. The van der Waals surface area contributed by atoms with E-state index in [0.717, 1.165) is 12.3 Å². The SMILES string of the molecule is CC(/C=C\CNC(=O)/C(C)=C/C=C\CC(F)(F)F)=C\[N+](=O)[O-]. The van der Waals surface area contributed by atoms with Gasteiger partial charge in [-0.1, -0.05) is 30.4 Å². The van der Waals surface area contributed by atoms with Crippen LogP contribution in [0.3, 0.4) is 0 Å². The fraction of sp³-hybridized carbons (Fsp3) is 0.357. The van der Waals surface area contributed by atoms with Gasteiger partial charge >= 0.3 is 6.18 Å². The summed E-state index contributed by atoms with van der Waals surface area (Å²) in [4.78, 5) is 21.1. The third kappa shape index (κ3) is 11.4. The predicted octanol–water partition coefficient (Wildman–Crippen LogP) is 3.29. The number of carbonyl (C=O) groups excluding carboxylic acids is 1. The Bertz CT molecular complexity index is 518. The first-order valence-electron chi connectivity index (χ1n) is 6.28. The van der Waals surface area contributed by atoms with Gasteiger partial charge in [-0.25, -0.2) is 0 Å². The molecule has 8 heteroatoms. The lowest BCUT2D eigenvalue weighted by atomic mass is 10.2. The minimum atomic E-state index is -4.26. The lowest BCUT2D eigenvalue weighted by Crippen LogP contribution is -2.23. The summed E-state index contributed by atoms with van der Waals surface area (Å²) < 4.78 is 35.6. The monoisotopic (exact) mass is 318 g/mol. The standard InChI is InChI=1S/C14H17F3N2O3/c1-11(10-19(21)22)6-5-9-18-13(20)12(2)7-3-4-8-14(15,16)17/h3-7,10H,8-9H2,1-2H3,(H,18,20)/b4-3-,6-5-,11-10+,12-7+. The molecule has 0 aliphatic carbocycles. The highest BCUT2D eigenvalue weighted by Crippen LogP contribution is 2.19. The Morgan fingerprint density at radius 3 is 2.45 bits per heavy atom. The number of rotatable bonds is 7. The van der Waals surface area contributed by atoms with E-state index in [1.807, 2.05) is 0 Å². The quantitative estimate of drug-likeness (QED) is 0.339. The molecule has 0 aliphatic rings. The Labute approximate surface area is 126 Å². The molecular formula is C14H17F3N2O3. The summed E-state index contributed by atoms with van der Waals surface area (Å²) in [5.41, 5.74) is 0.672. The molecule has 0 aromatic heterocycles. The zero-order valence-electron chi connectivity index (χ0n) is 12.2. The molecule has 0 atom stereocenters. The highest BCUT2D eigenvalue weighted by Gasteiger charge is 2.24. The maximum atomic E-state index is 11.9. The van der Waals surface area contributed by atoms with Gasteiger partial charge in [0.1, 0.15) is 0 Å². The van der Waals surface area contributed by atoms with Crippen molar-refractivity contribution >= 4 is 5.91 Å². The maximum absolute atomic E-state index is 11.9. The van der Waals surface area contributed by atoms with E-state index in [4.69, 9.17) is 0 Å². The van der Waals surface area contributed by atoms with Crippen LogP contribution >= 0.6 is 0 Å². The van der Waals surface area contributed by atoms with Crippen LogP contribution in [0, 0.1) is 10.1 Å². The highest BCUT2D eigenvalue weighted by atomic mass is 19.4. The van der Waals surface area contributed by atoms with Crippen molar-refractivity contribution in [3.8, 4) is 0 Å². The molecule has 0 bridgehead atoms. The molecule has 5 nitrogen and oxygen atoms in total. The van der Waals surface area contributed by atoms with Gasteiger partial charge in [-0.2, -0.15) is 13.2 Å². The Morgan fingerprint density at radius 2 is 1.91 bits per heavy atom. The molecule has 0 saturated heterocycles. The number of nitrogens with zero attached hydrogens (tertiary/aromatic N) is 1. The van der Waals surface area contributed by atoms with Gasteiger partial charge in [-0.15, -0.1) is 0 Å². The van der Waals surface area contributed by atoms with E-state index >= 15 is 0 Å². The van der Waals surface area contributed by atoms with E-state index < -0.39 is 23.4 Å². The van der Waals surface area contributed by atoms with Crippen molar-refractivity contribution < 1.29 is 22.9 Å². The molecule has 0 aromatic rings. The second-order valence-corrected chi connectivity index (χ2v) is 4.37. The molecule has 0 aromatic carbocycles. The van der Waals surface area contributed by atoms with Crippen molar-refractivity contribution in [2.45, 2.75) is 26.4 Å². The molecular weight excluding hydrogens is 301 g/mol. The lowest BCUT2D eigenvalue weighted by molar-refractivity contribution is -0.403. The highest BCUT2D eigenvalue weighted by molar-refractivity contribution is 5.93. The van der Waals surface area contributed by atoms with Crippen LogP contribution in [0.1, 0.15) is 20.3 Å². The smallest absolute Gasteiger partial charge is 0.349 e. The van der Waals surface area contributed by atoms with Gasteiger partial charge in [-0.3, -0.25) is 14.9 Å². The number of allylic oxidation sites excluding steroid dienone is 5. The molecule has 0 rings (SSSR count). The Hall–Kier alpha value is -2.38. The summed E-state index contributed by atoms with van der Waals surface area (Å²) in [5.74, 6) is -0.433. The third-order valence-corrected chi connectivity index (χ3v) is 2.26. The lowest BCUT2D eigenvalue weighted by Gasteiger charge is -2.01. The fourth-order valence-electron chi connectivity index (χ4n) is 1.23. The number of hydrogen-bond donors (Lipinski definition) is 1. The number of carbonyl (C=O) groups is 1. The Kier molecular flexibility index (Phi) is 8.51. The second-order valence-electron chi connectivity index (χ2n) is 4.37. The fourth-order valence-corrected chi connectivity index (χ4v) is 1.23. The molecule has 122 valence electrons. The number of nitro groups is 1. The number of alkyl halides is 3. The van der Waals surface area contributed by atoms with Crippen molar-refractivity contribution in [1.29, 1.82) is 0 Å². The number of halogens is 3. The molecule has 0 spiro atoms. The average Bonchev–Trinajstić information content (AvgIpc) is 2.37. The van der Waals surface area contributed by atoms with Crippen LogP contribution in [0.2, 0.25) is 0 Å². The summed E-state index contributed by atoms with van der Waals surface area (Å²) in [6.07, 6.45) is 1.89. The predicted molar refractivity (Wildman–Crippen MR) is 76.5 cm³/mol. The maximum Gasteiger partial charge on any atom is 0.392 e. The van der Waals surface area contributed by atoms with Crippen LogP contribution in [0.5, 0.6) is 0 Å². The molecule has 0 heterocycles. The van der Waals surface area contributed by atoms with Gasteiger partial charge < -0.3 is 5.32 Å². The van der Waals surface area contributed by atoms with E-state index in [-0.39, 0.29) is 12.1 Å². The summed E-state index contributed by atoms with van der Waals surface area (Å²) in [5, 5.41) is 12.7. The molecule has 0 unspecified atom stereocenters. The van der Waals surface area contributed by atoms with Crippen LogP contribution in [0.25, 0.3) is 0 Å². The van der Waals surface area contributed by atoms with Crippen molar-refractivity contribution in [3.63, 3.8) is 0 Å². The molecule has 1 amide bonds. The second kappa shape index (κ2) is 9.54. The van der Waals surface area contributed by atoms with Crippen molar-refractivity contribution in [2.24, 2.45) is 0 Å². The van der Waals surface area contributed by atoms with E-state index in [1.165, 1.54) is 38.2 Å². The first kappa shape index (κ1) is 19.6. The topological polar surface area (TPSA) is 72.2 Å². The molecule has 1 N–H and O–H groups in total. The number of nitrogens with one attached hydrogen (secondary N) is 1. The van der Waals surface area contributed by atoms with E-state index in [9.17, 15) is 28.1 Å². The van der Waals surface area contributed by atoms with Gasteiger partial charge in [0.25, 0.3) is 0 Å². The Morgan fingerprint density at radius 1 is 1.27 bits per heavy atom. The largest absolute Gasteiger partial charge is 0.392 e. The number of amides is 1. The van der Waals surface area contributed by atoms with Gasteiger partial charge in [-0.05, 0) is 13.8 Å². The van der Waals surface area contributed by atoms with Crippen LogP contribution in [0.15, 0.2) is 47.7 Å². The van der Waals surface area contributed by atoms with Gasteiger partial charge in [0.2, 0.25) is 12.1 Å². The van der Waals surface area contributed by atoms with Gasteiger partial charge in [0.05, 0.1) is 11.3 Å². The van der Waals surface area contributed by atoms with Crippen molar-refractivity contribution in [3.05, 3.63) is 57.8 Å². The third-order valence-electron chi connectivity index (χ3n) is 2.26. The van der Waals surface area contributed by atoms with Crippen LogP contribution in [0.4, 0.5) is 13.2 Å². The minimum absolute atomic E-state index is 0.152. The van der Waals surface area contributed by atoms with Crippen LogP contribution in [-0.4, -0.2) is 23.6 Å². The van der Waals surface area contributed by atoms with Crippen molar-refractivity contribution in [2.75, 3.05) is 6.54 Å². The van der Waals surface area contributed by atoms with Gasteiger partial charge in [0.15, 0.2) is 0 Å². The van der Waals surface area contributed by atoms with E-state index in [1.54, 1.807) is 0 Å². The minimum Gasteiger partial charge on any atom is -0.349 e. The van der Waals surface area contributed by atoms with Crippen LogP contribution in [-0.2, 0) is 4.79 Å². The molecule has 0 saturated carbocycles. The summed E-state index contributed by atoms with van der Waals surface area (Å²) in [6.45, 7) is 3.16. The van der Waals surface area contributed by atoms with Gasteiger partial charge in [0, 0.05) is 17.7 Å². The first-order valence-corrected chi connectivity index (χ1v) is 6.28. The molecule has 0 aliphatic heterocycles. The average molecular weight is 318 g/mol. The zero-order valence-corrected chi connectivity index (χ0v) is 12.2. The molecule has 0 fully saturated rings. The summed E-state index contributed by atoms with van der Waals surface area (Å²) in [7, 11) is 0. The van der Waals surface area contributed by atoms with E-state index in [2.05, 4.69) is 5.32 Å². The zero-order chi connectivity index (χ0) is 17.2.